The molecular weight excluding hydrogens is 464 g/mol. The van der Waals surface area contributed by atoms with Crippen molar-refractivity contribution < 1.29 is 0 Å². The molecule has 2 aromatic carbocycles. The van der Waals surface area contributed by atoms with Crippen LogP contribution >= 0.6 is 31.9 Å². The third-order valence-electron chi connectivity index (χ3n) is 5.70. The van der Waals surface area contributed by atoms with Crippen molar-refractivity contribution in [3.05, 3.63) is 56.5 Å². The predicted octanol–water partition coefficient (Wildman–Crippen LogP) is 6.16. The van der Waals surface area contributed by atoms with E-state index in [-0.39, 0.29) is 5.41 Å². The Morgan fingerprint density at radius 2 is 1.11 bits per heavy atom. The number of fused-ring (bicyclic) bond motifs is 3. The van der Waals surface area contributed by atoms with Crippen LogP contribution in [-0.4, -0.2) is 51.1 Å². The van der Waals surface area contributed by atoms with E-state index in [2.05, 4.69) is 106 Å². The van der Waals surface area contributed by atoms with E-state index >= 15 is 0 Å². The zero-order valence-corrected chi connectivity index (χ0v) is 20.0. The van der Waals surface area contributed by atoms with Gasteiger partial charge in [0.25, 0.3) is 0 Å². The first-order valence-electron chi connectivity index (χ1n) is 9.73. The SMILES string of the molecule is CN(C)CCCC1(CCCN(C)C)c2cc(Br)ccc2-c2ccc(Br)cc21. The molecule has 0 radical (unpaired) electrons. The van der Waals surface area contributed by atoms with Gasteiger partial charge in [-0.05, 0) is 113 Å². The highest BCUT2D eigenvalue weighted by Crippen LogP contribution is 2.54. The first-order chi connectivity index (χ1) is 12.8. The van der Waals surface area contributed by atoms with Crippen LogP contribution < -0.4 is 0 Å². The number of benzene rings is 2. The summed E-state index contributed by atoms with van der Waals surface area (Å²) in [7, 11) is 8.68. The number of hydrogen-bond acceptors (Lipinski definition) is 2. The Kier molecular flexibility index (Phi) is 6.83. The van der Waals surface area contributed by atoms with E-state index in [9.17, 15) is 0 Å². The second kappa shape index (κ2) is 8.77. The lowest BCUT2D eigenvalue weighted by molar-refractivity contribution is 0.328. The molecule has 3 rings (SSSR count). The van der Waals surface area contributed by atoms with Crippen LogP contribution in [0.5, 0.6) is 0 Å². The summed E-state index contributed by atoms with van der Waals surface area (Å²) in [5, 5.41) is 0. The van der Waals surface area contributed by atoms with Crippen molar-refractivity contribution in [1.29, 1.82) is 0 Å². The van der Waals surface area contributed by atoms with E-state index in [4.69, 9.17) is 0 Å². The molecule has 1 aliphatic rings. The van der Waals surface area contributed by atoms with Gasteiger partial charge < -0.3 is 9.80 Å². The summed E-state index contributed by atoms with van der Waals surface area (Å²) in [6.07, 6.45) is 4.77. The standard InChI is InChI=1S/C23H30Br2N2/c1-26(2)13-5-11-23(12-6-14-27(3)4)21-15-17(24)7-9-19(21)20-10-8-18(25)16-22(20)23/h7-10,15-16H,5-6,11-14H2,1-4H3. The minimum Gasteiger partial charge on any atom is -0.309 e. The second-order valence-electron chi connectivity index (χ2n) is 8.28. The fraction of sp³-hybridized carbons (Fsp3) is 0.478. The van der Waals surface area contributed by atoms with Gasteiger partial charge in [0.2, 0.25) is 0 Å². The molecule has 0 unspecified atom stereocenters. The molecule has 0 aromatic heterocycles. The molecule has 0 spiro atoms. The van der Waals surface area contributed by atoms with Gasteiger partial charge in [0, 0.05) is 14.4 Å². The summed E-state index contributed by atoms with van der Waals surface area (Å²) < 4.78 is 2.36. The van der Waals surface area contributed by atoms with Crippen LogP contribution in [0.3, 0.4) is 0 Å². The van der Waals surface area contributed by atoms with Crippen LogP contribution in [-0.2, 0) is 5.41 Å². The fourth-order valence-corrected chi connectivity index (χ4v) is 5.22. The maximum absolute atomic E-state index is 3.73. The molecule has 1 aliphatic carbocycles. The fourth-order valence-electron chi connectivity index (χ4n) is 4.50. The van der Waals surface area contributed by atoms with Gasteiger partial charge in [-0.25, -0.2) is 0 Å². The molecule has 0 heterocycles. The summed E-state index contributed by atoms with van der Waals surface area (Å²) in [5.74, 6) is 0. The quantitative estimate of drug-likeness (QED) is 0.434. The van der Waals surface area contributed by atoms with Crippen LogP contribution in [0.25, 0.3) is 11.1 Å². The Bertz CT molecular complexity index is 731. The van der Waals surface area contributed by atoms with Crippen LogP contribution in [0.1, 0.15) is 36.8 Å². The minimum absolute atomic E-state index is 0.101. The molecule has 0 atom stereocenters. The van der Waals surface area contributed by atoms with Gasteiger partial charge >= 0.3 is 0 Å². The molecule has 0 bridgehead atoms. The molecular formula is C23H30Br2N2. The zero-order chi connectivity index (χ0) is 19.6. The summed E-state index contributed by atoms with van der Waals surface area (Å²) >= 11 is 7.47. The Morgan fingerprint density at radius 1 is 0.704 bits per heavy atom. The van der Waals surface area contributed by atoms with Crippen LogP contribution in [0.4, 0.5) is 0 Å². The van der Waals surface area contributed by atoms with Crippen molar-refractivity contribution in [2.75, 3.05) is 41.3 Å². The number of rotatable bonds is 8. The highest BCUT2D eigenvalue weighted by atomic mass is 79.9. The van der Waals surface area contributed by atoms with E-state index in [1.807, 2.05) is 0 Å². The zero-order valence-electron chi connectivity index (χ0n) is 16.9. The molecule has 0 saturated carbocycles. The van der Waals surface area contributed by atoms with Gasteiger partial charge in [0.05, 0.1) is 0 Å². The van der Waals surface area contributed by atoms with E-state index in [0.29, 0.717) is 0 Å². The Morgan fingerprint density at radius 3 is 1.48 bits per heavy atom. The first-order valence-corrected chi connectivity index (χ1v) is 11.3. The van der Waals surface area contributed by atoms with Gasteiger partial charge in [-0.15, -0.1) is 0 Å². The van der Waals surface area contributed by atoms with Gasteiger partial charge in [-0.3, -0.25) is 0 Å². The Labute approximate surface area is 181 Å². The Balaban J connectivity index is 2.08. The summed E-state index contributed by atoms with van der Waals surface area (Å²) in [4.78, 5) is 4.60. The predicted molar refractivity (Wildman–Crippen MR) is 124 cm³/mol. The first kappa shape index (κ1) is 21.0. The highest BCUT2D eigenvalue weighted by molar-refractivity contribution is 9.10. The van der Waals surface area contributed by atoms with Gasteiger partial charge in [-0.2, -0.15) is 0 Å². The third-order valence-corrected chi connectivity index (χ3v) is 6.69. The number of hydrogen-bond donors (Lipinski definition) is 0. The largest absolute Gasteiger partial charge is 0.309 e. The molecule has 0 N–H and O–H groups in total. The van der Waals surface area contributed by atoms with Crippen molar-refractivity contribution in [3.8, 4) is 11.1 Å². The van der Waals surface area contributed by atoms with Crippen LogP contribution in [0.2, 0.25) is 0 Å². The lowest BCUT2D eigenvalue weighted by atomic mass is 9.71. The van der Waals surface area contributed by atoms with E-state index in [1.165, 1.54) is 56.9 Å². The Hall–Kier alpha value is -0.680. The lowest BCUT2D eigenvalue weighted by Gasteiger charge is -2.33. The molecule has 146 valence electrons. The topological polar surface area (TPSA) is 6.48 Å². The van der Waals surface area contributed by atoms with Gasteiger partial charge in [0.1, 0.15) is 0 Å². The molecule has 2 aromatic rings. The van der Waals surface area contributed by atoms with Crippen molar-refractivity contribution in [2.24, 2.45) is 0 Å². The number of nitrogens with zero attached hydrogens (tertiary/aromatic N) is 2. The van der Waals surface area contributed by atoms with E-state index in [0.717, 1.165) is 13.1 Å². The maximum atomic E-state index is 3.73. The van der Waals surface area contributed by atoms with E-state index in [1.54, 1.807) is 0 Å². The summed E-state index contributed by atoms with van der Waals surface area (Å²) in [5.41, 5.74) is 5.93. The molecule has 27 heavy (non-hydrogen) atoms. The molecule has 0 aliphatic heterocycles. The number of halogens is 2. The second-order valence-corrected chi connectivity index (χ2v) is 10.1. The molecule has 0 fully saturated rings. The summed E-state index contributed by atoms with van der Waals surface area (Å²) in [6.45, 7) is 2.25. The summed E-state index contributed by atoms with van der Waals surface area (Å²) in [6, 6.07) is 13.7. The van der Waals surface area contributed by atoms with Gasteiger partial charge in [-0.1, -0.05) is 44.0 Å². The molecule has 4 heteroatoms. The van der Waals surface area contributed by atoms with Crippen molar-refractivity contribution in [3.63, 3.8) is 0 Å². The van der Waals surface area contributed by atoms with Crippen molar-refractivity contribution in [2.45, 2.75) is 31.1 Å². The van der Waals surface area contributed by atoms with Crippen molar-refractivity contribution >= 4 is 31.9 Å². The average molecular weight is 494 g/mol. The van der Waals surface area contributed by atoms with Gasteiger partial charge in [0.15, 0.2) is 0 Å². The smallest absolute Gasteiger partial charge is 0.0217 e. The van der Waals surface area contributed by atoms with E-state index < -0.39 is 0 Å². The third kappa shape index (κ3) is 4.50. The minimum atomic E-state index is 0.101. The molecule has 0 amide bonds. The van der Waals surface area contributed by atoms with Crippen molar-refractivity contribution in [1.82, 2.24) is 9.80 Å². The average Bonchev–Trinajstić information content (AvgIpc) is 2.84. The molecule has 0 saturated heterocycles. The molecule has 2 nitrogen and oxygen atoms in total. The highest BCUT2D eigenvalue weighted by Gasteiger charge is 2.42. The monoisotopic (exact) mass is 492 g/mol. The lowest BCUT2D eigenvalue weighted by Crippen LogP contribution is -2.28. The normalized spacial score (nSPS) is 14.7. The van der Waals surface area contributed by atoms with Crippen LogP contribution in [0, 0.1) is 0 Å². The van der Waals surface area contributed by atoms with Crippen LogP contribution in [0.15, 0.2) is 45.3 Å². The maximum Gasteiger partial charge on any atom is 0.0217 e.